The lowest BCUT2D eigenvalue weighted by Crippen LogP contribution is -2.43. The number of nitrogens with zero attached hydrogens (tertiary/aromatic N) is 2. The minimum atomic E-state index is -0.573. The number of hydrogen-bond acceptors (Lipinski definition) is 5. The largest absolute Gasteiger partial charge is 0.443 e. The van der Waals surface area contributed by atoms with Gasteiger partial charge in [0.05, 0.1) is 11.4 Å². The zero-order valence-electron chi connectivity index (χ0n) is 16.1. The summed E-state index contributed by atoms with van der Waals surface area (Å²) in [6.07, 6.45) is 5.93. The topological polar surface area (TPSA) is 61.9 Å². The number of ether oxygens (including phenoxy) is 1. The van der Waals surface area contributed by atoms with Crippen LogP contribution in [0, 0.1) is 0 Å². The molecule has 0 radical (unpaired) electrons. The average molecular weight is 389 g/mol. The number of hydrogen-bond donors (Lipinski definition) is 1. The number of rotatable bonds is 4. The van der Waals surface area contributed by atoms with Gasteiger partial charge in [-0.25, -0.2) is 10.2 Å². The third kappa shape index (κ3) is 4.32. The first-order valence-electron chi connectivity index (χ1n) is 9.74. The van der Waals surface area contributed by atoms with E-state index in [4.69, 9.17) is 4.74 Å². The van der Waals surface area contributed by atoms with E-state index in [0.717, 1.165) is 30.0 Å². The molecule has 0 bridgehead atoms. The highest BCUT2D eigenvalue weighted by atomic mass is 16.6. The van der Waals surface area contributed by atoms with E-state index in [-0.39, 0.29) is 12.4 Å². The second kappa shape index (κ2) is 8.65. The third-order valence-electron chi connectivity index (χ3n) is 4.97. The van der Waals surface area contributed by atoms with E-state index in [1.54, 1.807) is 18.2 Å². The maximum atomic E-state index is 12.4. The molecule has 1 heterocycles. The van der Waals surface area contributed by atoms with Gasteiger partial charge in [0.25, 0.3) is 0 Å². The van der Waals surface area contributed by atoms with Crippen molar-refractivity contribution in [1.29, 1.82) is 0 Å². The molecule has 0 spiro atoms. The Bertz CT molecular complexity index is 953. The van der Waals surface area contributed by atoms with Crippen LogP contribution in [0.5, 0.6) is 0 Å². The molecule has 148 valence electrons. The summed E-state index contributed by atoms with van der Waals surface area (Å²) in [6.45, 7) is 1.46. The second-order valence-electron chi connectivity index (χ2n) is 6.92. The lowest BCUT2D eigenvalue weighted by Gasteiger charge is -2.27. The number of allylic oxidation sites excluding steroid dienone is 3. The van der Waals surface area contributed by atoms with Crippen molar-refractivity contribution in [2.24, 2.45) is 0 Å². The summed E-state index contributed by atoms with van der Waals surface area (Å²) in [5, 5.41) is 1.82. The Labute approximate surface area is 170 Å². The van der Waals surface area contributed by atoms with Crippen molar-refractivity contribution >= 4 is 28.9 Å². The van der Waals surface area contributed by atoms with Gasteiger partial charge in [-0.1, -0.05) is 48.6 Å². The van der Waals surface area contributed by atoms with Gasteiger partial charge < -0.3 is 9.64 Å². The fourth-order valence-corrected chi connectivity index (χ4v) is 3.54. The second-order valence-corrected chi connectivity index (χ2v) is 6.92. The number of amides is 1. The van der Waals surface area contributed by atoms with Crippen LogP contribution in [0.4, 0.5) is 21.9 Å². The molecule has 2 aromatic rings. The predicted molar refractivity (Wildman–Crippen MR) is 113 cm³/mol. The number of anilines is 3. The Morgan fingerprint density at radius 1 is 1.00 bits per heavy atom. The standard InChI is InChI=1S/C23H23N3O3/c27-22-14-7-4-9-18(22)17-29-23(28)24-26-16-8-15-25(19-10-2-1-3-11-19)20-12-5-6-13-21(20)26/h1-7,9-13H,8,14-17H2,(H,24,28). The molecule has 0 saturated heterocycles. The smallest absolute Gasteiger partial charge is 0.426 e. The van der Waals surface area contributed by atoms with Gasteiger partial charge in [0.15, 0.2) is 5.78 Å². The highest BCUT2D eigenvalue weighted by Crippen LogP contribution is 2.35. The SMILES string of the molecule is O=C(NN1CCCN(c2ccccc2)c2ccccc21)OCC1=CC=CCC1=O. The monoisotopic (exact) mass is 389 g/mol. The minimum Gasteiger partial charge on any atom is -0.443 e. The van der Waals surface area contributed by atoms with E-state index in [1.807, 2.05) is 47.5 Å². The van der Waals surface area contributed by atoms with Crippen LogP contribution < -0.4 is 15.3 Å². The van der Waals surface area contributed by atoms with Crippen LogP contribution in [-0.2, 0) is 9.53 Å². The molecule has 0 aromatic heterocycles. The molecular formula is C23H23N3O3. The van der Waals surface area contributed by atoms with Crippen LogP contribution in [0.3, 0.4) is 0 Å². The van der Waals surface area contributed by atoms with E-state index in [9.17, 15) is 9.59 Å². The summed E-state index contributed by atoms with van der Waals surface area (Å²) in [7, 11) is 0. The van der Waals surface area contributed by atoms with Gasteiger partial charge in [-0.2, -0.15) is 0 Å². The van der Waals surface area contributed by atoms with Gasteiger partial charge >= 0.3 is 6.09 Å². The van der Waals surface area contributed by atoms with Gasteiger partial charge in [0, 0.05) is 30.8 Å². The van der Waals surface area contributed by atoms with E-state index in [1.165, 1.54) is 0 Å². The first-order valence-corrected chi connectivity index (χ1v) is 9.74. The number of fused-ring (bicyclic) bond motifs is 1. The Morgan fingerprint density at radius 3 is 2.55 bits per heavy atom. The average Bonchev–Trinajstić information content (AvgIpc) is 2.94. The number of benzene rings is 2. The number of nitrogens with one attached hydrogen (secondary N) is 1. The number of carbonyl (C=O) groups is 2. The highest BCUT2D eigenvalue weighted by Gasteiger charge is 2.23. The Kier molecular flexibility index (Phi) is 5.61. The highest BCUT2D eigenvalue weighted by molar-refractivity contribution is 5.98. The van der Waals surface area contributed by atoms with Crippen LogP contribution in [0.25, 0.3) is 0 Å². The summed E-state index contributed by atoms with van der Waals surface area (Å²) < 4.78 is 5.29. The third-order valence-corrected chi connectivity index (χ3v) is 4.97. The normalized spacial score (nSPS) is 16.0. The van der Waals surface area contributed by atoms with Crippen molar-refractivity contribution in [3.63, 3.8) is 0 Å². The number of para-hydroxylation sites is 3. The van der Waals surface area contributed by atoms with Crippen LogP contribution in [-0.4, -0.2) is 31.6 Å². The van der Waals surface area contributed by atoms with E-state index in [2.05, 4.69) is 22.5 Å². The van der Waals surface area contributed by atoms with Gasteiger partial charge in [-0.3, -0.25) is 9.80 Å². The quantitative estimate of drug-likeness (QED) is 0.852. The molecule has 2 aromatic carbocycles. The number of ketones is 1. The number of carbonyl (C=O) groups excluding carboxylic acids is 2. The molecule has 1 amide bonds. The van der Waals surface area contributed by atoms with Gasteiger partial charge in [0.2, 0.25) is 0 Å². The van der Waals surface area contributed by atoms with Crippen molar-refractivity contribution in [2.75, 3.05) is 29.6 Å². The molecule has 29 heavy (non-hydrogen) atoms. The summed E-state index contributed by atoms with van der Waals surface area (Å²) in [5.41, 5.74) is 6.37. The number of hydrazine groups is 1. The number of Topliss-reactive ketones (excluding diaryl/α,β-unsaturated/α-hetero) is 1. The maximum Gasteiger partial charge on any atom is 0.426 e. The minimum absolute atomic E-state index is 0.0149. The maximum absolute atomic E-state index is 12.4. The molecule has 4 rings (SSSR count). The zero-order chi connectivity index (χ0) is 20.1. The molecule has 1 aliphatic carbocycles. The molecule has 2 aliphatic rings. The molecule has 6 nitrogen and oxygen atoms in total. The lowest BCUT2D eigenvalue weighted by molar-refractivity contribution is -0.115. The summed E-state index contributed by atoms with van der Waals surface area (Å²) >= 11 is 0. The van der Waals surface area contributed by atoms with Crippen LogP contribution in [0.2, 0.25) is 0 Å². The van der Waals surface area contributed by atoms with Gasteiger partial charge in [0.1, 0.15) is 6.61 Å². The predicted octanol–water partition coefficient (Wildman–Crippen LogP) is 4.13. The Hall–Kier alpha value is -3.54. The molecule has 0 atom stereocenters. The fourth-order valence-electron chi connectivity index (χ4n) is 3.54. The van der Waals surface area contributed by atoms with Crippen molar-refractivity contribution in [2.45, 2.75) is 12.8 Å². The van der Waals surface area contributed by atoms with Crippen LogP contribution >= 0.6 is 0 Å². The van der Waals surface area contributed by atoms with E-state index >= 15 is 0 Å². The van der Waals surface area contributed by atoms with Crippen LogP contribution in [0.1, 0.15) is 12.8 Å². The first-order chi connectivity index (χ1) is 14.2. The lowest BCUT2D eigenvalue weighted by atomic mass is 10.0. The Morgan fingerprint density at radius 2 is 1.76 bits per heavy atom. The van der Waals surface area contributed by atoms with E-state index < -0.39 is 6.09 Å². The van der Waals surface area contributed by atoms with Crippen molar-refractivity contribution in [3.8, 4) is 0 Å². The van der Waals surface area contributed by atoms with Gasteiger partial charge in [-0.05, 0) is 30.7 Å². The van der Waals surface area contributed by atoms with Gasteiger partial charge in [-0.15, -0.1) is 0 Å². The summed E-state index contributed by atoms with van der Waals surface area (Å²) in [4.78, 5) is 26.5. The molecule has 6 heteroatoms. The summed E-state index contributed by atoms with van der Waals surface area (Å²) in [6, 6.07) is 18.2. The molecule has 1 aliphatic heterocycles. The van der Waals surface area contributed by atoms with Crippen molar-refractivity contribution < 1.29 is 14.3 Å². The van der Waals surface area contributed by atoms with E-state index in [0.29, 0.717) is 18.5 Å². The first kappa shape index (κ1) is 18.8. The molecular weight excluding hydrogens is 366 g/mol. The molecule has 0 unspecified atom stereocenters. The molecule has 0 fully saturated rings. The zero-order valence-corrected chi connectivity index (χ0v) is 16.1. The molecule has 1 N–H and O–H groups in total. The summed E-state index contributed by atoms with van der Waals surface area (Å²) in [5.74, 6) is -0.0149. The molecule has 0 saturated carbocycles. The fraction of sp³-hybridized carbons (Fsp3) is 0.217. The van der Waals surface area contributed by atoms with Crippen LogP contribution in [0.15, 0.2) is 78.4 Å². The Balaban J connectivity index is 1.48. The van der Waals surface area contributed by atoms with Crippen molar-refractivity contribution in [3.05, 3.63) is 78.4 Å². The van der Waals surface area contributed by atoms with Crippen molar-refractivity contribution in [1.82, 2.24) is 5.43 Å².